The Balaban J connectivity index is 2.09. The Hall–Kier alpha value is -0.0800. The van der Waals surface area contributed by atoms with Gasteiger partial charge in [-0.05, 0) is 38.1 Å². The predicted octanol–water partition coefficient (Wildman–Crippen LogP) is 2.77. The normalized spacial score (nSPS) is 35.6. The smallest absolute Gasteiger partial charge is 0.0337 e. The van der Waals surface area contributed by atoms with Gasteiger partial charge >= 0.3 is 0 Å². The van der Waals surface area contributed by atoms with Crippen molar-refractivity contribution in [3.8, 4) is 0 Å². The van der Waals surface area contributed by atoms with E-state index in [-0.39, 0.29) is 0 Å². The van der Waals surface area contributed by atoms with E-state index >= 15 is 0 Å². The molecule has 2 rings (SSSR count). The molecule has 2 N–H and O–H groups in total. The first-order chi connectivity index (χ1) is 7.75. The molecule has 0 bridgehead atoms. The van der Waals surface area contributed by atoms with Crippen molar-refractivity contribution in [2.24, 2.45) is 11.7 Å². The monoisotopic (exact) mass is 224 g/mol. The average molecular weight is 224 g/mol. The summed E-state index contributed by atoms with van der Waals surface area (Å²) in [4.78, 5) is 2.74. The molecular formula is C14H28N2. The van der Waals surface area contributed by atoms with Crippen LogP contribution in [0.2, 0.25) is 0 Å². The molecule has 0 amide bonds. The minimum atomic E-state index is 0.356. The highest BCUT2D eigenvalue weighted by atomic mass is 15.3. The van der Waals surface area contributed by atoms with Crippen LogP contribution in [0.1, 0.15) is 58.8 Å². The molecule has 0 radical (unpaired) electrons. The number of hydrogen-bond donors (Lipinski definition) is 1. The van der Waals surface area contributed by atoms with E-state index in [9.17, 15) is 0 Å². The van der Waals surface area contributed by atoms with E-state index in [0.29, 0.717) is 5.54 Å². The molecule has 0 heterocycles. The summed E-state index contributed by atoms with van der Waals surface area (Å²) in [5.41, 5.74) is 6.51. The van der Waals surface area contributed by atoms with Gasteiger partial charge in [0.25, 0.3) is 0 Å². The molecule has 2 atom stereocenters. The molecule has 2 aliphatic rings. The van der Waals surface area contributed by atoms with Crippen LogP contribution in [0.3, 0.4) is 0 Å². The van der Waals surface area contributed by atoms with Crippen LogP contribution >= 0.6 is 0 Å². The first kappa shape index (κ1) is 12.4. The number of nitrogens with zero attached hydrogens (tertiary/aromatic N) is 1. The van der Waals surface area contributed by atoms with Crippen LogP contribution in [0.4, 0.5) is 0 Å². The number of hydrogen-bond acceptors (Lipinski definition) is 2. The van der Waals surface area contributed by atoms with Gasteiger partial charge in [-0.3, -0.25) is 4.90 Å². The molecule has 0 aromatic rings. The van der Waals surface area contributed by atoms with E-state index < -0.39 is 0 Å². The highest BCUT2D eigenvalue weighted by molar-refractivity contribution is 5.01. The number of likely N-dealkylation sites (N-methyl/N-ethyl adjacent to an activating group) is 1. The molecule has 0 aromatic carbocycles. The quantitative estimate of drug-likeness (QED) is 0.778. The molecule has 2 fully saturated rings. The van der Waals surface area contributed by atoms with Crippen LogP contribution in [-0.2, 0) is 0 Å². The van der Waals surface area contributed by atoms with E-state index in [1.54, 1.807) is 0 Å². The molecule has 0 saturated heterocycles. The van der Waals surface area contributed by atoms with Crippen molar-refractivity contribution in [3.05, 3.63) is 0 Å². The lowest BCUT2D eigenvalue weighted by Gasteiger charge is -2.48. The molecule has 2 heteroatoms. The zero-order chi connectivity index (χ0) is 11.6. The standard InChI is InChI=1S/C14H28N2/c1-3-12-6-5-9-14(10-12,11-15)16(4-2)13-7-8-13/h12-13H,3-11,15H2,1-2H3. The first-order valence-electron chi connectivity index (χ1n) is 7.22. The van der Waals surface area contributed by atoms with Gasteiger partial charge in [-0.1, -0.05) is 33.1 Å². The minimum Gasteiger partial charge on any atom is -0.329 e. The molecular weight excluding hydrogens is 196 g/mol. The molecule has 16 heavy (non-hydrogen) atoms. The summed E-state index contributed by atoms with van der Waals surface area (Å²) in [6.07, 6.45) is 9.66. The van der Waals surface area contributed by atoms with Crippen molar-refractivity contribution in [2.75, 3.05) is 13.1 Å². The summed E-state index contributed by atoms with van der Waals surface area (Å²) in [7, 11) is 0. The molecule has 2 unspecified atom stereocenters. The molecule has 2 aliphatic carbocycles. The zero-order valence-electron chi connectivity index (χ0n) is 11.0. The minimum absolute atomic E-state index is 0.356. The fraction of sp³-hybridized carbons (Fsp3) is 1.00. The molecule has 0 aliphatic heterocycles. The van der Waals surface area contributed by atoms with Gasteiger partial charge in [0.15, 0.2) is 0 Å². The predicted molar refractivity (Wildman–Crippen MR) is 69.4 cm³/mol. The second-order valence-electron chi connectivity index (χ2n) is 5.82. The third-order valence-electron chi connectivity index (χ3n) is 4.82. The Morgan fingerprint density at radius 3 is 2.50 bits per heavy atom. The molecule has 2 nitrogen and oxygen atoms in total. The van der Waals surface area contributed by atoms with Crippen LogP contribution in [0.25, 0.3) is 0 Å². The highest BCUT2D eigenvalue weighted by Gasteiger charge is 2.44. The van der Waals surface area contributed by atoms with Gasteiger partial charge in [-0.25, -0.2) is 0 Å². The van der Waals surface area contributed by atoms with Gasteiger partial charge in [0.05, 0.1) is 0 Å². The Morgan fingerprint density at radius 1 is 1.25 bits per heavy atom. The fourth-order valence-corrected chi connectivity index (χ4v) is 3.74. The van der Waals surface area contributed by atoms with Gasteiger partial charge in [-0.15, -0.1) is 0 Å². The lowest BCUT2D eigenvalue weighted by atomic mass is 9.73. The first-order valence-corrected chi connectivity index (χ1v) is 7.22. The average Bonchev–Trinajstić information content (AvgIpc) is 3.14. The Kier molecular flexibility index (Phi) is 3.91. The van der Waals surface area contributed by atoms with Gasteiger partial charge < -0.3 is 5.73 Å². The maximum Gasteiger partial charge on any atom is 0.0337 e. The molecule has 2 saturated carbocycles. The van der Waals surface area contributed by atoms with Crippen LogP contribution in [0, 0.1) is 5.92 Å². The van der Waals surface area contributed by atoms with E-state index in [4.69, 9.17) is 5.73 Å². The maximum absolute atomic E-state index is 6.16. The topological polar surface area (TPSA) is 29.3 Å². The Morgan fingerprint density at radius 2 is 2.00 bits per heavy atom. The molecule has 0 spiro atoms. The van der Waals surface area contributed by atoms with Crippen molar-refractivity contribution in [1.29, 1.82) is 0 Å². The van der Waals surface area contributed by atoms with Crippen LogP contribution in [0.15, 0.2) is 0 Å². The van der Waals surface area contributed by atoms with Crippen molar-refractivity contribution >= 4 is 0 Å². The second kappa shape index (κ2) is 5.05. The lowest BCUT2D eigenvalue weighted by Crippen LogP contribution is -2.57. The van der Waals surface area contributed by atoms with E-state index in [1.807, 2.05) is 0 Å². The highest BCUT2D eigenvalue weighted by Crippen LogP contribution is 2.42. The van der Waals surface area contributed by atoms with Crippen molar-refractivity contribution in [3.63, 3.8) is 0 Å². The maximum atomic E-state index is 6.16. The summed E-state index contributed by atoms with van der Waals surface area (Å²) in [5.74, 6) is 0.921. The van der Waals surface area contributed by atoms with Crippen molar-refractivity contribution < 1.29 is 0 Å². The van der Waals surface area contributed by atoms with Crippen molar-refractivity contribution in [2.45, 2.75) is 70.4 Å². The summed E-state index contributed by atoms with van der Waals surface area (Å²) in [6, 6.07) is 0.865. The van der Waals surface area contributed by atoms with Crippen LogP contribution < -0.4 is 5.73 Å². The second-order valence-corrected chi connectivity index (χ2v) is 5.82. The van der Waals surface area contributed by atoms with Gasteiger partial charge in [0, 0.05) is 18.1 Å². The summed E-state index contributed by atoms with van der Waals surface area (Å²) in [6.45, 7) is 6.71. The van der Waals surface area contributed by atoms with Gasteiger partial charge in [0.1, 0.15) is 0 Å². The fourth-order valence-electron chi connectivity index (χ4n) is 3.74. The van der Waals surface area contributed by atoms with E-state index in [0.717, 1.165) is 18.5 Å². The molecule has 0 aromatic heterocycles. The van der Waals surface area contributed by atoms with E-state index in [2.05, 4.69) is 18.7 Å². The largest absolute Gasteiger partial charge is 0.329 e. The number of rotatable bonds is 5. The third kappa shape index (κ3) is 2.28. The third-order valence-corrected chi connectivity index (χ3v) is 4.82. The zero-order valence-corrected chi connectivity index (χ0v) is 11.0. The Bertz CT molecular complexity index is 225. The lowest BCUT2D eigenvalue weighted by molar-refractivity contribution is 0.0321. The van der Waals surface area contributed by atoms with E-state index in [1.165, 1.54) is 51.5 Å². The van der Waals surface area contributed by atoms with Crippen molar-refractivity contribution in [1.82, 2.24) is 4.90 Å². The Labute approximate surface area is 101 Å². The van der Waals surface area contributed by atoms with Crippen LogP contribution in [-0.4, -0.2) is 29.6 Å². The summed E-state index contributed by atoms with van der Waals surface area (Å²) in [5, 5.41) is 0. The SMILES string of the molecule is CCC1CCCC(CN)(N(CC)C2CC2)C1. The number of nitrogens with two attached hydrogens (primary N) is 1. The summed E-state index contributed by atoms with van der Waals surface area (Å²) >= 11 is 0. The van der Waals surface area contributed by atoms with Gasteiger partial charge in [0.2, 0.25) is 0 Å². The summed E-state index contributed by atoms with van der Waals surface area (Å²) < 4.78 is 0. The van der Waals surface area contributed by atoms with Gasteiger partial charge in [-0.2, -0.15) is 0 Å². The molecule has 94 valence electrons. The van der Waals surface area contributed by atoms with Crippen LogP contribution in [0.5, 0.6) is 0 Å².